The second-order valence-corrected chi connectivity index (χ2v) is 5.93. The molecule has 0 radical (unpaired) electrons. The summed E-state index contributed by atoms with van der Waals surface area (Å²) in [6, 6.07) is 12.7. The quantitative estimate of drug-likeness (QED) is 0.688. The van der Waals surface area contributed by atoms with Crippen molar-refractivity contribution in [2.24, 2.45) is 0 Å². The molecular weight excluding hydrogens is 282 g/mol. The number of imidazole rings is 1. The first-order valence-corrected chi connectivity index (χ1v) is 7.76. The number of aromatic nitrogens is 3. The molecule has 0 saturated carbocycles. The van der Waals surface area contributed by atoms with Crippen LogP contribution in [0.3, 0.4) is 0 Å². The molecule has 0 aliphatic heterocycles. The van der Waals surface area contributed by atoms with Gasteiger partial charge in [0.15, 0.2) is 5.65 Å². The van der Waals surface area contributed by atoms with E-state index >= 15 is 0 Å². The lowest BCUT2D eigenvalue weighted by atomic mass is 9.77. The van der Waals surface area contributed by atoms with Crippen molar-refractivity contribution in [1.29, 1.82) is 0 Å². The molecule has 2 aromatic heterocycles. The lowest BCUT2D eigenvalue weighted by Gasteiger charge is -2.30. The molecule has 0 N–H and O–H groups in total. The number of benzene rings is 1. The van der Waals surface area contributed by atoms with Crippen LogP contribution < -0.4 is 0 Å². The van der Waals surface area contributed by atoms with Gasteiger partial charge >= 0.3 is 0 Å². The van der Waals surface area contributed by atoms with Gasteiger partial charge in [0.2, 0.25) is 0 Å². The number of hydrogen-bond donors (Lipinski definition) is 0. The molecule has 0 bridgehead atoms. The Kier molecular flexibility index (Phi) is 2.96. The Bertz CT molecular complexity index is 822. The Hall–Kier alpha value is -1.87. The summed E-state index contributed by atoms with van der Waals surface area (Å²) in [4.78, 5) is 9.26. The minimum Gasteiger partial charge on any atom is -0.311 e. The second kappa shape index (κ2) is 4.85. The topological polar surface area (TPSA) is 30.7 Å². The lowest BCUT2D eigenvalue weighted by Crippen LogP contribution is -2.22. The van der Waals surface area contributed by atoms with Crippen molar-refractivity contribution in [3.63, 3.8) is 0 Å². The first-order chi connectivity index (χ1) is 10.3. The van der Waals surface area contributed by atoms with Gasteiger partial charge in [-0.25, -0.2) is 9.97 Å². The van der Waals surface area contributed by atoms with Crippen molar-refractivity contribution >= 4 is 22.8 Å². The van der Waals surface area contributed by atoms with Gasteiger partial charge in [0, 0.05) is 18.2 Å². The molecule has 1 unspecified atom stereocenters. The maximum absolute atomic E-state index is 6.08. The van der Waals surface area contributed by atoms with Gasteiger partial charge in [-0.2, -0.15) is 0 Å². The third-order valence-corrected chi connectivity index (χ3v) is 4.53. The largest absolute Gasteiger partial charge is 0.311 e. The van der Waals surface area contributed by atoms with Gasteiger partial charge < -0.3 is 4.57 Å². The van der Waals surface area contributed by atoms with E-state index in [1.54, 1.807) is 0 Å². The molecule has 4 rings (SSSR count). The van der Waals surface area contributed by atoms with Crippen LogP contribution in [0.4, 0.5) is 0 Å². The number of halogens is 1. The van der Waals surface area contributed by atoms with Gasteiger partial charge in [0.25, 0.3) is 0 Å². The minimum absolute atomic E-state index is 0.420. The zero-order chi connectivity index (χ0) is 14.4. The average Bonchev–Trinajstić information content (AvgIpc) is 2.82. The van der Waals surface area contributed by atoms with E-state index in [9.17, 15) is 0 Å². The molecule has 21 heavy (non-hydrogen) atoms. The number of aryl methyl sites for hydroxylation is 1. The number of rotatable bonds is 3. The number of alkyl halides is 1. The molecule has 3 aromatic rings. The molecule has 1 aliphatic rings. The summed E-state index contributed by atoms with van der Waals surface area (Å²) in [7, 11) is 0. The van der Waals surface area contributed by atoms with Gasteiger partial charge in [-0.3, -0.25) is 0 Å². The van der Waals surface area contributed by atoms with E-state index in [2.05, 4.69) is 38.8 Å². The predicted octanol–water partition coefficient (Wildman–Crippen LogP) is 3.82. The molecule has 0 fully saturated rings. The minimum atomic E-state index is 0.420. The zero-order valence-electron chi connectivity index (χ0n) is 11.9. The molecule has 1 aliphatic carbocycles. The fourth-order valence-corrected chi connectivity index (χ4v) is 3.39. The third kappa shape index (κ3) is 2.04. The molecule has 3 nitrogen and oxygen atoms in total. The molecule has 0 amide bonds. The highest BCUT2D eigenvalue weighted by molar-refractivity contribution is 6.16. The highest BCUT2D eigenvalue weighted by atomic mass is 35.5. The summed E-state index contributed by atoms with van der Waals surface area (Å²) in [6.45, 7) is 2.92. The van der Waals surface area contributed by atoms with Gasteiger partial charge in [0.05, 0.1) is 5.88 Å². The summed E-state index contributed by atoms with van der Waals surface area (Å²) in [6.07, 6.45) is 1.13. The molecule has 106 valence electrons. The van der Waals surface area contributed by atoms with E-state index in [1.807, 2.05) is 19.1 Å². The van der Waals surface area contributed by atoms with Crippen LogP contribution in [0.1, 0.15) is 28.6 Å². The molecule has 1 aromatic carbocycles. The van der Waals surface area contributed by atoms with Crippen molar-refractivity contribution in [2.75, 3.05) is 0 Å². The Morgan fingerprint density at radius 3 is 2.86 bits per heavy atom. The van der Waals surface area contributed by atoms with Crippen molar-refractivity contribution in [1.82, 2.24) is 14.5 Å². The normalized spacial score (nSPS) is 16.8. The van der Waals surface area contributed by atoms with E-state index in [0.717, 1.165) is 35.6 Å². The third-order valence-electron chi connectivity index (χ3n) is 4.29. The van der Waals surface area contributed by atoms with Gasteiger partial charge in [-0.05, 0) is 36.6 Å². The summed E-state index contributed by atoms with van der Waals surface area (Å²) in [5, 5.41) is 0. The Balaban J connectivity index is 1.75. The van der Waals surface area contributed by atoms with E-state index < -0.39 is 0 Å². The first kappa shape index (κ1) is 12.8. The summed E-state index contributed by atoms with van der Waals surface area (Å²) in [5.74, 6) is 1.88. The summed E-state index contributed by atoms with van der Waals surface area (Å²) >= 11 is 6.08. The van der Waals surface area contributed by atoms with Crippen molar-refractivity contribution in [2.45, 2.75) is 31.7 Å². The lowest BCUT2D eigenvalue weighted by molar-refractivity contribution is 0.506. The molecule has 0 saturated heterocycles. The molecular formula is C17H16ClN3. The standard InChI is InChI=1S/C17H16ClN3/c1-11-6-7-15-17(19-11)21(16(9-18)20-15)10-13-8-12-4-2-3-5-14(12)13/h2-7,13H,8-10H2,1H3. The monoisotopic (exact) mass is 297 g/mol. The van der Waals surface area contributed by atoms with Gasteiger partial charge in [0.1, 0.15) is 11.3 Å². The number of hydrogen-bond acceptors (Lipinski definition) is 2. The van der Waals surface area contributed by atoms with Crippen LogP contribution in [0, 0.1) is 6.92 Å². The summed E-state index contributed by atoms with van der Waals surface area (Å²) < 4.78 is 2.19. The molecule has 2 heterocycles. The second-order valence-electron chi connectivity index (χ2n) is 5.67. The van der Waals surface area contributed by atoms with Crippen LogP contribution in [0.5, 0.6) is 0 Å². The SMILES string of the molecule is Cc1ccc2nc(CCl)n(CC3Cc4ccccc43)c2n1. The predicted molar refractivity (Wildman–Crippen MR) is 84.7 cm³/mol. The fraction of sp³-hybridized carbons (Fsp3) is 0.294. The van der Waals surface area contributed by atoms with E-state index in [1.165, 1.54) is 11.1 Å². The van der Waals surface area contributed by atoms with Crippen LogP contribution >= 0.6 is 11.6 Å². The van der Waals surface area contributed by atoms with Crippen molar-refractivity contribution in [3.8, 4) is 0 Å². The van der Waals surface area contributed by atoms with Crippen LogP contribution in [-0.2, 0) is 18.8 Å². The average molecular weight is 298 g/mol. The van der Waals surface area contributed by atoms with Crippen LogP contribution in [0.2, 0.25) is 0 Å². The first-order valence-electron chi connectivity index (χ1n) is 7.23. The fourth-order valence-electron chi connectivity index (χ4n) is 3.18. The van der Waals surface area contributed by atoms with Crippen LogP contribution in [-0.4, -0.2) is 14.5 Å². The van der Waals surface area contributed by atoms with Crippen LogP contribution in [0.15, 0.2) is 36.4 Å². The smallest absolute Gasteiger partial charge is 0.160 e. The van der Waals surface area contributed by atoms with Gasteiger partial charge in [-0.15, -0.1) is 11.6 Å². The highest BCUT2D eigenvalue weighted by Gasteiger charge is 2.27. The highest BCUT2D eigenvalue weighted by Crippen LogP contribution is 2.36. The van der Waals surface area contributed by atoms with E-state index in [-0.39, 0.29) is 0 Å². The Morgan fingerprint density at radius 1 is 1.19 bits per heavy atom. The maximum atomic E-state index is 6.08. The van der Waals surface area contributed by atoms with Crippen LogP contribution in [0.25, 0.3) is 11.2 Å². The Labute approximate surface area is 128 Å². The maximum Gasteiger partial charge on any atom is 0.160 e. The number of pyridine rings is 1. The Morgan fingerprint density at radius 2 is 2.05 bits per heavy atom. The number of nitrogens with zero attached hydrogens (tertiary/aromatic N) is 3. The van der Waals surface area contributed by atoms with Gasteiger partial charge in [-0.1, -0.05) is 24.3 Å². The number of fused-ring (bicyclic) bond motifs is 2. The molecule has 1 atom stereocenters. The summed E-state index contributed by atoms with van der Waals surface area (Å²) in [5.41, 5.74) is 5.81. The zero-order valence-corrected chi connectivity index (χ0v) is 12.6. The molecule has 4 heteroatoms. The van der Waals surface area contributed by atoms with Crippen molar-refractivity contribution < 1.29 is 0 Å². The van der Waals surface area contributed by atoms with E-state index in [0.29, 0.717) is 11.8 Å². The van der Waals surface area contributed by atoms with Crippen molar-refractivity contribution in [3.05, 3.63) is 59.0 Å². The van der Waals surface area contributed by atoms with E-state index in [4.69, 9.17) is 11.6 Å². The molecule has 0 spiro atoms.